The van der Waals surface area contributed by atoms with Crippen LogP contribution < -0.4 is 15.7 Å². The first-order valence-electron chi connectivity index (χ1n) is 7.08. The Kier molecular flexibility index (Phi) is 4.08. The number of fused-ring (bicyclic) bond motifs is 1. The largest absolute Gasteiger partial charge is 0.484 e. The molecule has 1 aliphatic heterocycles. The molecule has 7 nitrogen and oxygen atoms in total. The predicted molar refractivity (Wildman–Crippen MR) is 83.2 cm³/mol. The van der Waals surface area contributed by atoms with E-state index in [0.717, 1.165) is 5.39 Å². The smallest absolute Gasteiger partial charge is 0.336 e. The Hall–Kier alpha value is -2.35. The summed E-state index contributed by atoms with van der Waals surface area (Å²) in [6.07, 6.45) is 0.426. The van der Waals surface area contributed by atoms with Crippen LogP contribution in [0.25, 0.3) is 11.0 Å². The van der Waals surface area contributed by atoms with E-state index in [0.29, 0.717) is 17.8 Å². The van der Waals surface area contributed by atoms with Crippen LogP contribution >= 0.6 is 0 Å². The van der Waals surface area contributed by atoms with Gasteiger partial charge in [-0.3, -0.25) is 4.79 Å². The summed E-state index contributed by atoms with van der Waals surface area (Å²) in [5.74, 6) is 0.0744. The second kappa shape index (κ2) is 6.04. The number of benzene rings is 1. The van der Waals surface area contributed by atoms with Crippen molar-refractivity contribution < 1.29 is 22.4 Å². The third-order valence-corrected chi connectivity index (χ3v) is 5.33. The number of hydrogen-bond donors (Lipinski definition) is 1. The number of sulfone groups is 1. The average Bonchev–Trinajstić information content (AvgIpc) is 2.83. The molecule has 0 radical (unpaired) electrons. The van der Waals surface area contributed by atoms with E-state index in [9.17, 15) is 18.0 Å². The maximum atomic E-state index is 11.8. The van der Waals surface area contributed by atoms with E-state index in [-0.39, 0.29) is 30.1 Å². The van der Waals surface area contributed by atoms with Crippen LogP contribution in [-0.4, -0.2) is 38.5 Å². The van der Waals surface area contributed by atoms with Crippen molar-refractivity contribution in [2.75, 3.05) is 18.1 Å². The molecule has 0 spiro atoms. The first kappa shape index (κ1) is 15.5. The van der Waals surface area contributed by atoms with Crippen molar-refractivity contribution >= 4 is 26.7 Å². The minimum absolute atomic E-state index is 0.0279. The lowest BCUT2D eigenvalue weighted by Crippen LogP contribution is -2.38. The summed E-state index contributed by atoms with van der Waals surface area (Å²) in [7, 11) is -3.03. The van der Waals surface area contributed by atoms with E-state index in [1.807, 2.05) is 0 Å². The second-order valence-corrected chi connectivity index (χ2v) is 7.64. The molecule has 3 rings (SSSR count). The monoisotopic (exact) mass is 337 g/mol. The number of hydrogen-bond acceptors (Lipinski definition) is 6. The number of carbonyl (C=O) groups is 1. The highest BCUT2D eigenvalue weighted by atomic mass is 32.2. The van der Waals surface area contributed by atoms with Crippen LogP contribution in [0.4, 0.5) is 0 Å². The Bertz CT molecular complexity index is 902. The summed E-state index contributed by atoms with van der Waals surface area (Å²) < 4.78 is 33.1. The molecule has 0 unspecified atom stereocenters. The van der Waals surface area contributed by atoms with E-state index in [1.54, 1.807) is 18.2 Å². The maximum Gasteiger partial charge on any atom is 0.336 e. The molecule has 1 aromatic carbocycles. The summed E-state index contributed by atoms with van der Waals surface area (Å²) in [5, 5.41) is 3.38. The van der Waals surface area contributed by atoms with Crippen LogP contribution in [0.5, 0.6) is 5.75 Å². The minimum atomic E-state index is -3.03. The van der Waals surface area contributed by atoms with Gasteiger partial charge >= 0.3 is 5.63 Å². The highest BCUT2D eigenvalue weighted by Crippen LogP contribution is 2.19. The third-order valence-electron chi connectivity index (χ3n) is 3.56. The Morgan fingerprint density at radius 2 is 2.09 bits per heavy atom. The van der Waals surface area contributed by atoms with Crippen molar-refractivity contribution in [3.63, 3.8) is 0 Å². The predicted octanol–water partition coefficient (Wildman–Crippen LogP) is 0.475. The van der Waals surface area contributed by atoms with Crippen LogP contribution in [0.2, 0.25) is 0 Å². The second-order valence-electron chi connectivity index (χ2n) is 5.41. The zero-order valence-corrected chi connectivity index (χ0v) is 13.0. The van der Waals surface area contributed by atoms with Crippen molar-refractivity contribution in [1.82, 2.24) is 5.32 Å². The van der Waals surface area contributed by atoms with Crippen LogP contribution in [0, 0.1) is 0 Å². The van der Waals surface area contributed by atoms with Crippen molar-refractivity contribution in [3.05, 3.63) is 40.8 Å². The average molecular weight is 337 g/mol. The third kappa shape index (κ3) is 3.89. The molecule has 8 heteroatoms. The van der Waals surface area contributed by atoms with Gasteiger partial charge in [0, 0.05) is 23.6 Å². The lowest BCUT2D eigenvalue weighted by Gasteiger charge is -2.11. The maximum absolute atomic E-state index is 11.8. The Morgan fingerprint density at radius 1 is 1.30 bits per heavy atom. The molecule has 1 aromatic heterocycles. The molecule has 23 heavy (non-hydrogen) atoms. The molecule has 0 bridgehead atoms. The molecule has 1 fully saturated rings. The number of amides is 1. The summed E-state index contributed by atoms with van der Waals surface area (Å²) in [6, 6.07) is 7.52. The van der Waals surface area contributed by atoms with E-state index < -0.39 is 15.5 Å². The normalized spacial score (nSPS) is 19.6. The highest BCUT2D eigenvalue weighted by molar-refractivity contribution is 7.91. The molecule has 2 heterocycles. The number of nitrogens with one attached hydrogen (secondary N) is 1. The number of ether oxygens (including phenoxy) is 1. The van der Waals surface area contributed by atoms with Crippen LogP contribution in [-0.2, 0) is 14.6 Å². The molecule has 0 aliphatic carbocycles. The van der Waals surface area contributed by atoms with Gasteiger partial charge in [0.15, 0.2) is 16.4 Å². The zero-order chi connectivity index (χ0) is 16.4. The molecule has 1 aliphatic rings. The van der Waals surface area contributed by atoms with Crippen molar-refractivity contribution in [2.24, 2.45) is 0 Å². The van der Waals surface area contributed by atoms with Gasteiger partial charge in [-0.1, -0.05) is 0 Å². The van der Waals surface area contributed by atoms with Gasteiger partial charge in [0.1, 0.15) is 11.3 Å². The Balaban J connectivity index is 1.59. The van der Waals surface area contributed by atoms with Crippen molar-refractivity contribution in [1.29, 1.82) is 0 Å². The summed E-state index contributed by atoms with van der Waals surface area (Å²) in [6.45, 7) is -0.237. The number of carbonyl (C=O) groups excluding carboxylic acids is 1. The van der Waals surface area contributed by atoms with Gasteiger partial charge in [-0.05, 0) is 24.6 Å². The fraction of sp³-hybridized carbons (Fsp3) is 0.333. The quantitative estimate of drug-likeness (QED) is 0.814. The standard InChI is InChI=1S/C15H15NO6S/c17-14(16-11-5-6-23(19,20)9-11)8-21-12-3-1-10-2-4-15(18)22-13(10)7-12/h1-4,7,11H,5-6,8-9H2,(H,16,17)/t11-/m0/s1. The lowest BCUT2D eigenvalue weighted by atomic mass is 10.2. The molecule has 1 atom stereocenters. The Morgan fingerprint density at radius 3 is 2.83 bits per heavy atom. The SMILES string of the molecule is O=C(COc1ccc2ccc(=O)oc2c1)N[C@H]1CCS(=O)(=O)C1. The van der Waals surface area contributed by atoms with E-state index in [4.69, 9.17) is 9.15 Å². The molecule has 122 valence electrons. The number of rotatable bonds is 4. The van der Waals surface area contributed by atoms with Gasteiger partial charge in [-0.15, -0.1) is 0 Å². The fourth-order valence-electron chi connectivity index (χ4n) is 2.46. The van der Waals surface area contributed by atoms with Gasteiger partial charge in [0.25, 0.3) is 5.91 Å². The minimum Gasteiger partial charge on any atom is -0.484 e. The topological polar surface area (TPSA) is 103 Å². The highest BCUT2D eigenvalue weighted by Gasteiger charge is 2.28. The summed E-state index contributed by atoms with van der Waals surface area (Å²) in [4.78, 5) is 23.0. The lowest BCUT2D eigenvalue weighted by molar-refractivity contribution is -0.123. The van der Waals surface area contributed by atoms with Gasteiger partial charge in [0.05, 0.1) is 11.5 Å². The van der Waals surface area contributed by atoms with Gasteiger partial charge < -0.3 is 14.5 Å². The van der Waals surface area contributed by atoms with Gasteiger partial charge in [-0.2, -0.15) is 0 Å². The van der Waals surface area contributed by atoms with E-state index in [2.05, 4.69) is 5.32 Å². The Labute approximate surface area is 132 Å². The van der Waals surface area contributed by atoms with Crippen LogP contribution in [0.1, 0.15) is 6.42 Å². The first-order valence-corrected chi connectivity index (χ1v) is 8.90. The summed E-state index contributed by atoms with van der Waals surface area (Å²) >= 11 is 0. The fourth-order valence-corrected chi connectivity index (χ4v) is 4.13. The molecular formula is C15H15NO6S. The summed E-state index contributed by atoms with van der Waals surface area (Å²) in [5.41, 5.74) is -0.0906. The molecule has 1 N–H and O–H groups in total. The molecule has 2 aromatic rings. The molecule has 0 saturated carbocycles. The van der Waals surface area contributed by atoms with Gasteiger partial charge in [0.2, 0.25) is 0 Å². The van der Waals surface area contributed by atoms with Crippen LogP contribution in [0.15, 0.2) is 39.5 Å². The molecule has 1 saturated heterocycles. The van der Waals surface area contributed by atoms with Crippen molar-refractivity contribution in [2.45, 2.75) is 12.5 Å². The zero-order valence-electron chi connectivity index (χ0n) is 12.2. The molecule has 1 amide bonds. The van der Waals surface area contributed by atoms with E-state index >= 15 is 0 Å². The van der Waals surface area contributed by atoms with Crippen LogP contribution in [0.3, 0.4) is 0 Å². The van der Waals surface area contributed by atoms with Crippen molar-refractivity contribution in [3.8, 4) is 5.75 Å². The van der Waals surface area contributed by atoms with Gasteiger partial charge in [-0.25, -0.2) is 13.2 Å². The molecular weight excluding hydrogens is 322 g/mol. The first-order chi connectivity index (χ1) is 10.9. The van der Waals surface area contributed by atoms with E-state index in [1.165, 1.54) is 12.1 Å².